The molecule has 26 heavy (non-hydrogen) atoms. The van der Waals surface area contributed by atoms with E-state index >= 15 is 0 Å². The fraction of sp³-hybridized carbons (Fsp3) is 0.200. The summed E-state index contributed by atoms with van der Waals surface area (Å²) in [5.74, 6) is -0.00584. The highest BCUT2D eigenvalue weighted by Crippen LogP contribution is 2.31. The molecular weight excluding hydrogens is 369 g/mol. The Balaban J connectivity index is 1.90. The monoisotopic (exact) mass is 387 g/mol. The molecule has 6 heteroatoms. The van der Waals surface area contributed by atoms with Crippen LogP contribution in [0.25, 0.3) is 5.70 Å². The summed E-state index contributed by atoms with van der Waals surface area (Å²) < 4.78 is 0. The molecule has 0 aliphatic carbocycles. The number of rotatable bonds is 4. The Labute approximate surface area is 163 Å². The molecule has 134 valence electrons. The third kappa shape index (κ3) is 3.76. The molecule has 2 aliphatic heterocycles. The Bertz CT molecular complexity index is 894. The molecule has 3 rings (SSSR count). The zero-order chi connectivity index (χ0) is 18.7. The topological polar surface area (TPSA) is 53.5 Å². The molecule has 0 bridgehead atoms. The molecule has 2 heterocycles. The molecule has 0 saturated heterocycles. The van der Waals surface area contributed by atoms with Gasteiger partial charge < -0.3 is 10.6 Å². The van der Waals surface area contributed by atoms with Gasteiger partial charge in [-0.1, -0.05) is 54.1 Å². The molecule has 2 N–H and O–H groups in total. The summed E-state index contributed by atoms with van der Waals surface area (Å²) in [6.45, 7) is 6.60. The van der Waals surface area contributed by atoms with Crippen molar-refractivity contribution in [1.29, 1.82) is 0 Å². The lowest BCUT2D eigenvalue weighted by Crippen LogP contribution is -2.37. The number of dihydropyridines is 1. The average Bonchev–Trinajstić information content (AvgIpc) is 2.63. The van der Waals surface area contributed by atoms with E-state index in [1.54, 1.807) is 6.07 Å². The van der Waals surface area contributed by atoms with E-state index in [0.717, 1.165) is 29.1 Å². The maximum atomic E-state index is 11.9. The van der Waals surface area contributed by atoms with Gasteiger partial charge in [0, 0.05) is 29.8 Å². The molecule has 0 fully saturated rings. The van der Waals surface area contributed by atoms with Crippen LogP contribution < -0.4 is 10.6 Å². The minimum absolute atomic E-state index is 0.00584. The number of aliphatic imine (C=N–C) groups is 1. The molecule has 0 unspecified atom stereocenters. The minimum Gasteiger partial charge on any atom is -0.357 e. The molecule has 1 aromatic rings. The van der Waals surface area contributed by atoms with Gasteiger partial charge in [0.2, 0.25) is 5.91 Å². The van der Waals surface area contributed by atoms with Gasteiger partial charge >= 0.3 is 0 Å². The van der Waals surface area contributed by atoms with Gasteiger partial charge in [-0.3, -0.25) is 4.79 Å². The van der Waals surface area contributed by atoms with E-state index < -0.39 is 0 Å². The Morgan fingerprint density at radius 2 is 2.15 bits per heavy atom. The number of amides is 1. The number of carbonyl (C=O) groups is 1. The number of nitrogens with zero attached hydrogens (tertiary/aromatic N) is 1. The molecule has 0 saturated carbocycles. The summed E-state index contributed by atoms with van der Waals surface area (Å²) in [6, 6.07) is 5.38. The van der Waals surface area contributed by atoms with E-state index in [1.807, 2.05) is 37.3 Å². The number of nitrogens with one attached hydrogen (secondary N) is 2. The fourth-order valence-corrected chi connectivity index (χ4v) is 3.32. The van der Waals surface area contributed by atoms with Crippen LogP contribution in [0.1, 0.15) is 25.3 Å². The van der Waals surface area contributed by atoms with Crippen molar-refractivity contribution >= 4 is 40.5 Å². The van der Waals surface area contributed by atoms with Gasteiger partial charge in [-0.15, -0.1) is 0 Å². The molecule has 1 aromatic carbocycles. The second kappa shape index (κ2) is 7.94. The lowest BCUT2D eigenvalue weighted by molar-refractivity contribution is -0.118. The Kier molecular flexibility index (Phi) is 5.64. The molecule has 0 spiro atoms. The predicted molar refractivity (Wildman–Crippen MR) is 108 cm³/mol. The summed E-state index contributed by atoms with van der Waals surface area (Å²) in [6.07, 6.45) is 7.13. The second-order valence-electron chi connectivity index (χ2n) is 5.96. The van der Waals surface area contributed by atoms with Crippen LogP contribution in [0.2, 0.25) is 10.0 Å². The fourth-order valence-electron chi connectivity index (χ4n) is 2.91. The van der Waals surface area contributed by atoms with Crippen molar-refractivity contribution in [1.82, 2.24) is 10.6 Å². The summed E-state index contributed by atoms with van der Waals surface area (Å²) in [4.78, 5) is 16.6. The van der Waals surface area contributed by atoms with Gasteiger partial charge in [0.05, 0.1) is 27.2 Å². The van der Waals surface area contributed by atoms with Crippen LogP contribution in [0.4, 0.5) is 0 Å². The SMILES string of the molecule is C=C(N=C(/C=C\C)C1=CCC2=C(CCNC2=O)N1)c1cccc(Cl)c1Cl. The van der Waals surface area contributed by atoms with Crippen molar-refractivity contribution in [2.24, 2.45) is 4.99 Å². The average molecular weight is 388 g/mol. The van der Waals surface area contributed by atoms with Crippen molar-refractivity contribution in [3.05, 3.63) is 75.6 Å². The number of halogens is 2. The van der Waals surface area contributed by atoms with Gasteiger partial charge in [-0.2, -0.15) is 0 Å². The van der Waals surface area contributed by atoms with Crippen molar-refractivity contribution < 1.29 is 4.79 Å². The zero-order valence-corrected chi connectivity index (χ0v) is 15.9. The van der Waals surface area contributed by atoms with Crippen LogP contribution in [0.3, 0.4) is 0 Å². The lowest BCUT2D eigenvalue weighted by atomic mass is 9.98. The Morgan fingerprint density at radius 3 is 2.92 bits per heavy atom. The Hall–Kier alpha value is -2.30. The second-order valence-corrected chi connectivity index (χ2v) is 6.74. The van der Waals surface area contributed by atoms with Gasteiger partial charge in [-0.25, -0.2) is 4.99 Å². The first-order valence-electron chi connectivity index (χ1n) is 8.33. The molecule has 4 nitrogen and oxygen atoms in total. The van der Waals surface area contributed by atoms with Crippen molar-refractivity contribution in [2.45, 2.75) is 19.8 Å². The maximum absolute atomic E-state index is 11.9. The van der Waals surface area contributed by atoms with Crippen LogP contribution in [-0.2, 0) is 4.79 Å². The lowest BCUT2D eigenvalue weighted by Gasteiger charge is -2.26. The van der Waals surface area contributed by atoms with Gasteiger partial charge in [0.15, 0.2) is 0 Å². The molecule has 1 amide bonds. The number of allylic oxidation sites excluding steroid dienone is 3. The summed E-state index contributed by atoms with van der Waals surface area (Å²) in [5.41, 5.74) is 4.54. The highest BCUT2D eigenvalue weighted by Gasteiger charge is 2.24. The smallest absolute Gasteiger partial charge is 0.249 e. The third-order valence-corrected chi connectivity index (χ3v) is 5.03. The first-order chi connectivity index (χ1) is 12.5. The quantitative estimate of drug-likeness (QED) is 0.739. The van der Waals surface area contributed by atoms with E-state index in [-0.39, 0.29) is 5.91 Å². The summed E-state index contributed by atoms with van der Waals surface area (Å²) in [5, 5.41) is 7.11. The van der Waals surface area contributed by atoms with Crippen LogP contribution >= 0.6 is 23.2 Å². The first kappa shape index (κ1) is 18.5. The largest absolute Gasteiger partial charge is 0.357 e. The van der Waals surface area contributed by atoms with Crippen molar-refractivity contribution in [3.63, 3.8) is 0 Å². The molecular formula is C20H19Cl2N3O. The van der Waals surface area contributed by atoms with Gasteiger partial charge in [0.25, 0.3) is 0 Å². The van der Waals surface area contributed by atoms with Crippen LogP contribution in [-0.4, -0.2) is 18.2 Å². The number of hydrogen-bond donors (Lipinski definition) is 2. The number of hydrogen-bond acceptors (Lipinski definition) is 3. The highest BCUT2D eigenvalue weighted by atomic mass is 35.5. The third-order valence-electron chi connectivity index (χ3n) is 4.21. The normalized spacial score (nSPS) is 17.6. The van der Waals surface area contributed by atoms with Crippen molar-refractivity contribution in [2.75, 3.05) is 6.54 Å². The van der Waals surface area contributed by atoms with Gasteiger partial charge in [0.1, 0.15) is 0 Å². The summed E-state index contributed by atoms with van der Waals surface area (Å²) >= 11 is 12.4. The predicted octanol–water partition coefficient (Wildman–Crippen LogP) is 4.63. The van der Waals surface area contributed by atoms with E-state index in [2.05, 4.69) is 22.2 Å². The van der Waals surface area contributed by atoms with Gasteiger partial charge in [-0.05, 0) is 25.5 Å². The molecule has 0 aromatic heterocycles. The highest BCUT2D eigenvalue weighted by molar-refractivity contribution is 6.43. The van der Waals surface area contributed by atoms with E-state index in [0.29, 0.717) is 34.3 Å². The number of carbonyl (C=O) groups excluding carboxylic acids is 1. The zero-order valence-electron chi connectivity index (χ0n) is 14.4. The van der Waals surface area contributed by atoms with Crippen molar-refractivity contribution in [3.8, 4) is 0 Å². The summed E-state index contributed by atoms with van der Waals surface area (Å²) in [7, 11) is 0. The van der Waals surface area contributed by atoms with E-state index in [4.69, 9.17) is 23.2 Å². The van der Waals surface area contributed by atoms with E-state index in [9.17, 15) is 4.79 Å². The van der Waals surface area contributed by atoms with Crippen LogP contribution in [0.15, 0.2) is 65.0 Å². The van der Waals surface area contributed by atoms with Crippen LogP contribution in [0.5, 0.6) is 0 Å². The molecule has 0 radical (unpaired) electrons. The maximum Gasteiger partial charge on any atom is 0.249 e. The van der Waals surface area contributed by atoms with E-state index in [1.165, 1.54) is 0 Å². The first-order valence-corrected chi connectivity index (χ1v) is 9.09. The minimum atomic E-state index is -0.00584. The van der Waals surface area contributed by atoms with Crippen LogP contribution in [0, 0.1) is 0 Å². The number of benzene rings is 1. The molecule has 0 atom stereocenters. The Morgan fingerprint density at radius 1 is 1.35 bits per heavy atom. The molecule has 2 aliphatic rings. The standard InChI is InChI=1S/C20H19Cl2N3O/c1-3-5-17(24-12(2)13-6-4-7-15(21)19(13)22)18-9-8-14-16(25-18)10-11-23-20(14)26/h3-7,9,25H,2,8,10-11H2,1H3,(H,23,26)/b5-3-,24-17?.